The maximum Gasteiger partial charge on any atom is 0.180 e. The fraction of sp³-hybridized carbons (Fsp3) is 0.545. The van der Waals surface area contributed by atoms with Crippen molar-refractivity contribution >= 4 is 0 Å². The predicted octanol–water partition coefficient (Wildman–Crippen LogP) is 2.96. The van der Waals surface area contributed by atoms with Gasteiger partial charge >= 0.3 is 0 Å². The Morgan fingerprint density at radius 3 is 3.15 bits per heavy atom. The number of allylic oxidation sites excluding steroid dienone is 1. The van der Waals surface area contributed by atoms with Gasteiger partial charge in [-0.1, -0.05) is 18.6 Å². The van der Waals surface area contributed by atoms with Crippen LogP contribution in [0.15, 0.2) is 29.2 Å². The quantitative estimate of drug-likeness (QED) is 0.649. The Balaban J connectivity index is 1.97. The van der Waals surface area contributed by atoms with Gasteiger partial charge in [0.1, 0.15) is 5.76 Å². The van der Waals surface area contributed by atoms with Crippen LogP contribution in [0, 0.1) is 5.92 Å². The fourth-order valence-electron chi connectivity index (χ4n) is 1.98. The molecule has 1 fully saturated rings. The summed E-state index contributed by atoms with van der Waals surface area (Å²) in [5.74, 6) is 1.62. The number of nitrogens with zero attached hydrogens (tertiary/aromatic N) is 1. The summed E-state index contributed by atoms with van der Waals surface area (Å²) in [5, 5.41) is 0. The smallest absolute Gasteiger partial charge is 0.180 e. The molecule has 2 heteroatoms. The number of aromatic nitrogens is 1. The third-order valence-corrected chi connectivity index (χ3v) is 2.81. The summed E-state index contributed by atoms with van der Waals surface area (Å²) in [6, 6.07) is 0. The summed E-state index contributed by atoms with van der Waals surface area (Å²) in [6.07, 6.45) is 9.39. The first-order chi connectivity index (χ1) is 6.36. The minimum absolute atomic E-state index is 0.627. The maximum absolute atomic E-state index is 5.23. The number of oxazole rings is 1. The van der Waals surface area contributed by atoms with Crippen LogP contribution in [0.3, 0.4) is 0 Å². The van der Waals surface area contributed by atoms with Crippen LogP contribution in [0.25, 0.3) is 0 Å². The van der Waals surface area contributed by atoms with Gasteiger partial charge in [-0.05, 0) is 25.2 Å². The van der Waals surface area contributed by atoms with Crippen molar-refractivity contribution < 1.29 is 4.42 Å². The van der Waals surface area contributed by atoms with Crippen molar-refractivity contribution in [2.75, 3.05) is 0 Å². The number of hydrogen-bond acceptors (Lipinski definition) is 2. The van der Waals surface area contributed by atoms with Crippen LogP contribution in [-0.4, -0.2) is 4.98 Å². The molecule has 70 valence electrons. The minimum atomic E-state index is 0.627. The molecule has 0 amide bonds. The molecule has 0 spiro atoms. The lowest BCUT2D eigenvalue weighted by Crippen LogP contribution is -2.11. The average molecular weight is 177 g/mol. The third kappa shape index (κ3) is 2.00. The molecule has 2 rings (SSSR count). The molecule has 1 saturated carbocycles. The highest BCUT2D eigenvalue weighted by Crippen LogP contribution is 2.30. The molecular formula is C11H15NO. The topological polar surface area (TPSA) is 26.0 Å². The number of hydrogen-bond donors (Lipinski definition) is 0. The first-order valence-electron chi connectivity index (χ1n) is 4.91. The van der Waals surface area contributed by atoms with E-state index in [1.807, 2.05) is 6.20 Å². The van der Waals surface area contributed by atoms with E-state index in [-0.39, 0.29) is 0 Å². The van der Waals surface area contributed by atoms with Crippen molar-refractivity contribution in [3.8, 4) is 0 Å². The van der Waals surface area contributed by atoms with Gasteiger partial charge in [-0.25, -0.2) is 4.98 Å². The van der Waals surface area contributed by atoms with Crippen LogP contribution in [0.4, 0.5) is 0 Å². The minimum Gasteiger partial charge on any atom is -0.449 e. The molecule has 0 saturated heterocycles. The Morgan fingerprint density at radius 1 is 1.54 bits per heavy atom. The lowest BCUT2D eigenvalue weighted by molar-refractivity contribution is 0.407. The summed E-state index contributed by atoms with van der Waals surface area (Å²) in [4.78, 5) is 3.92. The largest absolute Gasteiger partial charge is 0.449 e. The second-order valence-electron chi connectivity index (χ2n) is 3.77. The van der Waals surface area contributed by atoms with E-state index in [0.29, 0.717) is 5.92 Å². The number of rotatable bonds is 2. The van der Waals surface area contributed by atoms with E-state index in [1.165, 1.54) is 37.7 Å². The zero-order valence-corrected chi connectivity index (χ0v) is 7.83. The summed E-state index contributed by atoms with van der Waals surface area (Å²) in [5.41, 5.74) is 1.39. The van der Waals surface area contributed by atoms with Gasteiger partial charge in [0.15, 0.2) is 6.39 Å². The molecule has 1 heterocycles. The Hall–Kier alpha value is -1.05. The standard InChI is InChI=1S/C11H15NO/c1-9-4-2-3-5-10(9)6-11-7-12-8-13-11/h7-8,10H,1-6H2. The molecule has 0 aliphatic heterocycles. The molecule has 0 radical (unpaired) electrons. The molecule has 1 unspecified atom stereocenters. The lowest BCUT2D eigenvalue weighted by atomic mass is 9.83. The average Bonchev–Trinajstić information content (AvgIpc) is 2.61. The fourth-order valence-corrected chi connectivity index (χ4v) is 1.98. The highest BCUT2D eigenvalue weighted by atomic mass is 16.3. The van der Waals surface area contributed by atoms with Gasteiger partial charge in [-0.2, -0.15) is 0 Å². The van der Waals surface area contributed by atoms with Crippen molar-refractivity contribution in [3.05, 3.63) is 30.5 Å². The van der Waals surface area contributed by atoms with Crippen molar-refractivity contribution in [2.45, 2.75) is 32.1 Å². The Morgan fingerprint density at radius 2 is 2.46 bits per heavy atom. The van der Waals surface area contributed by atoms with Crippen LogP contribution in [0.1, 0.15) is 31.4 Å². The van der Waals surface area contributed by atoms with Crippen molar-refractivity contribution in [1.82, 2.24) is 4.98 Å². The van der Waals surface area contributed by atoms with E-state index in [4.69, 9.17) is 4.42 Å². The van der Waals surface area contributed by atoms with Gasteiger partial charge in [0, 0.05) is 6.42 Å². The summed E-state index contributed by atoms with van der Waals surface area (Å²) in [6.45, 7) is 4.11. The molecule has 2 nitrogen and oxygen atoms in total. The molecule has 0 bridgehead atoms. The van der Waals surface area contributed by atoms with Gasteiger partial charge in [-0.3, -0.25) is 0 Å². The van der Waals surface area contributed by atoms with Gasteiger partial charge in [-0.15, -0.1) is 0 Å². The molecular weight excluding hydrogens is 162 g/mol. The highest BCUT2D eigenvalue weighted by Gasteiger charge is 2.18. The molecule has 1 aromatic heterocycles. The second kappa shape index (κ2) is 3.77. The first kappa shape index (κ1) is 8.54. The Bertz CT molecular complexity index is 276. The van der Waals surface area contributed by atoms with E-state index >= 15 is 0 Å². The van der Waals surface area contributed by atoms with Crippen LogP contribution < -0.4 is 0 Å². The maximum atomic E-state index is 5.23. The molecule has 0 aromatic carbocycles. The van der Waals surface area contributed by atoms with Crippen molar-refractivity contribution in [3.63, 3.8) is 0 Å². The normalized spacial score (nSPS) is 23.4. The van der Waals surface area contributed by atoms with Crippen LogP contribution in [0.2, 0.25) is 0 Å². The second-order valence-corrected chi connectivity index (χ2v) is 3.77. The van der Waals surface area contributed by atoms with Gasteiger partial charge < -0.3 is 4.42 Å². The van der Waals surface area contributed by atoms with Crippen molar-refractivity contribution in [2.24, 2.45) is 5.92 Å². The van der Waals surface area contributed by atoms with E-state index < -0.39 is 0 Å². The van der Waals surface area contributed by atoms with E-state index in [0.717, 1.165) is 12.2 Å². The third-order valence-electron chi connectivity index (χ3n) is 2.81. The van der Waals surface area contributed by atoms with Crippen LogP contribution in [0.5, 0.6) is 0 Å². The van der Waals surface area contributed by atoms with Crippen molar-refractivity contribution in [1.29, 1.82) is 0 Å². The molecule has 1 aliphatic carbocycles. The summed E-state index contributed by atoms with van der Waals surface area (Å²) < 4.78 is 5.23. The molecule has 1 atom stereocenters. The SMILES string of the molecule is C=C1CCCCC1Cc1cnco1. The monoisotopic (exact) mass is 177 g/mol. The summed E-state index contributed by atoms with van der Waals surface area (Å²) >= 11 is 0. The molecule has 0 N–H and O–H groups in total. The zero-order valence-electron chi connectivity index (χ0n) is 7.83. The van der Waals surface area contributed by atoms with E-state index in [1.54, 1.807) is 0 Å². The molecule has 13 heavy (non-hydrogen) atoms. The van der Waals surface area contributed by atoms with E-state index in [2.05, 4.69) is 11.6 Å². The molecule has 1 aromatic rings. The molecule has 1 aliphatic rings. The van der Waals surface area contributed by atoms with Gasteiger partial charge in [0.2, 0.25) is 0 Å². The Labute approximate surface area is 78.7 Å². The van der Waals surface area contributed by atoms with E-state index in [9.17, 15) is 0 Å². The van der Waals surface area contributed by atoms with Crippen LogP contribution in [-0.2, 0) is 6.42 Å². The lowest BCUT2D eigenvalue weighted by Gasteiger charge is -2.23. The zero-order chi connectivity index (χ0) is 9.10. The predicted molar refractivity (Wildman–Crippen MR) is 51.3 cm³/mol. The van der Waals surface area contributed by atoms with Gasteiger partial charge in [0.05, 0.1) is 6.20 Å². The highest BCUT2D eigenvalue weighted by molar-refractivity contribution is 5.07. The first-order valence-corrected chi connectivity index (χ1v) is 4.91. The Kier molecular flexibility index (Phi) is 2.48. The van der Waals surface area contributed by atoms with Crippen LogP contribution >= 0.6 is 0 Å². The summed E-state index contributed by atoms with van der Waals surface area (Å²) in [7, 11) is 0. The van der Waals surface area contributed by atoms with Gasteiger partial charge in [0.25, 0.3) is 0 Å².